The number of hydrazine groups is 1. The van der Waals surface area contributed by atoms with Gasteiger partial charge in [-0.2, -0.15) is 18.2 Å². The van der Waals surface area contributed by atoms with Crippen molar-refractivity contribution in [2.75, 3.05) is 31.1 Å². The van der Waals surface area contributed by atoms with E-state index in [9.17, 15) is 22.8 Å². The van der Waals surface area contributed by atoms with Crippen LogP contribution in [0.5, 0.6) is 0 Å². The third kappa shape index (κ3) is 6.56. The maximum atomic E-state index is 14.2. The highest BCUT2D eigenvalue weighted by Crippen LogP contribution is 2.52. The Hall–Kier alpha value is -4.00. The number of nitrogens with one attached hydrogen (secondary N) is 2. The molecule has 13 heteroatoms. The second kappa shape index (κ2) is 11.0. The van der Waals surface area contributed by atoms with Crippen LogP contribution in [0.4, 0.5) is 28.4 Å². The Morgan fingerprint density at radius 3 is 2.48 bits per heavy atom. The molecular weight excluding hydrogens is 553 g/mol. The predicted octanol–water partition coefficient (Wildman–Crippen LogP) is 5.43. The highest BCUT2D eigenvalue weighted by Gasteiger charge is 2.46. The summed E-state index contributed by atoms with van der Waals surface area (Å²) in [5.41, 5.74) is 2.48. The molecule has 5 rings (SSSR count). The molecule has 1 saturated heterocycles. The maximum absolute atomic E-state index is 14.2. The summed E-state index contributed by atoms with van der Waals surface area (Å²) in [6.07, 6.45) is 1.52. The first-order valence-corrected chi connectivity index (χ1v) is 13.8. The number of halogens is 3. The molecule has 0 unspecified atom stereocenters. The highest BCUT2D eigenvalue weighted by atomic mass is 19.4. The molecule has 0 spiro atoms. The van der Waals surface area contributed by atoms with Gasteiger partial charge < -0.3 is 24.7 Å². The first kappa shape index (κ1) is 29.5. The van der Waals surface area contributed by atoms with Gasteiger partial charge in [-0.1, -0.05) is 24.6 Å². The third-order valence-corrected chi connectivity index (χ3v) is 7.54. The van der Waals surface area contributed by atoms with Crippen LogP contribution in [0.25, 0.3) is 11.1 Å². The summed E-state index contributed by atoms with van der Waals surface area (Å²) in [4.78, 5) is 38.3. The second-order valence-corrected chi connectivity index (χ2v) is 12.0. The molecule has 2 aromatic rings. The van der Waals surface area contributed by atoms with Gasteiger partial charge in [-0.25, -0.2) is 9.59 Å². The Bertz CT molecular complexity index is 1380. The molecule has 3 amide bonds. The quantitative estimate of drug-likeness (QED) is 0.481. The number of nitrogens with zero attached hydrogens (tertiary/aromatic N) is 4. The van der Waals surface area contributed by atoms with Crippen LogP contribution in [0.1, 0.15) is 51.7 Å². The summed E-state index contributed by atoms with van der Waals surface area (Å²) in [6.45, 7) is 8.85. The topological polar surface area (TPSA) is 99.3 Å². The lowest BCUT2D eigenvalue weighted by molar-refractivity contribution is -0.138. The van der Waals surface area contributed by atoms with Crippen LogP contribution in [0.3, 0.4) is 0 Å². The van der Waals surface area contributed by atoms with E-state index >= 15 is 0 Å². The van der Waals surface area contributed by atoms with Crippen molar-refractivity contribution < 1.29 is 32.3 Å². The number of allylic oxidation sites excluding steroid dienone is 1. The standard InChI is InChI=1S/C29H35F3N6O4/c1-27(2,3)41-26(40)37-13-11-36(12-14-37)23-17-33-10-7-21(23)19-5-6-20(22(15-19)29(30,31)32)16-34-25(39)38-18-24(42-35-38)28(4)8-9-28/h5-7,10,15,17-18,35H,8-9,11-14,16H2,1-4H3,(H,34,39). The number of carbonyl (C=O) groups is 2. The number of benzene rings is 1. The second-order valence-electron chi connectivity index (χ2n) is 12.0. The third-order valence-electron chi connectivity index (χ3n) is 7.54. The number of pyridine rings is 1. The molecule has 2 N–H and O–H groups in total. The van der Waals surface area contributed by atoms with Crippen LogP contribution >= 0.6 is 0 Å². The van der Waals surface area contributed by atoms with E-state index in [4.69, 9.17) is 9.57 Å². The fraction of sp³-hybridized carbons (Fsp3) is 0.483. The van der Waals surface area contributed by atoms with Crippen LogP contribution in [-0.2, 0) is 22.3 Å². The lowest BCUT2D eigenvalue weighted by Crippen LogP contribution is -2.50. The number of piperazine rings is 1. The van der Waals surface area contributed by atoms with Crippen molar-refractivity contribution in [1.29, 1.82) is 0 Å². The average Bonchev–Trinajstić information content (AvgIpc) is 3.48. The van der Waals surface area contributed by atoms with Crippen molar-refractivity contribution in [1.82, 2.24) is 25.8 Å². The van der Waals surface area contributed by atoms with Gasteiger partial charge in [-0.05, 0) is 56.9 Å². The Labute approximate surface area is 242 Å². The summed E-state index contributed by atoms with van der Waals surface area (Å²) in [5, 5.41) is 3.62. The number of rotatable bonds is 5. The summed E-state index contributed by atoms with van der Waals surface area (Å²) < 4.78 is 48.1. The van der Waals surface area contributed by atoms with Crippen molar-refractivity contribution in [2.24, 2.45) is 5.41 Å². The van der Waals surface area contributed by atoms with Gasteiger partial charge in [0.25, 0.3) is 0 Å². The summed E-state index contributed by atoms with van der Waals surface area (Å²) >= 11 is 0. The van der Waals surface area contributed by atoms with Gasteiger partial charge in [0, 0.05) is 49.9 Å². The van der Waals surface area contributed by atoms with E-state index in [0.29, 0.717) is 48.8 Å². The predicted molar refractivity (Wildman–Crippen MR) is 148 cm³/mol. The number of amides is 3. The number of alkyl halides is 3. The summed E-state index contributed by atoms with van der Waals surface area (Å²) in [5.74, 6) is 0.623. The minimum atomic E-state index is -4.65. The van der Waals surface area contributed by atoms with Crippen LogP contribution in [0.2, 0.25) is 0 Å². The molecule has 0 atom stereocenters. The fourth-order valence-electron chi connectivity index (χ4n) is 4.84. The smallest absolute Gasteiger partial charge is 0.416 e. The van der Waals surface area contributed by atoms with Gasteiger partial charge in [0.1, 0.15) is 5.60 Å². The van der Waals surface area contributed by atoms with E-state index in [2.05, 4.69) is 15.9 Å². The number of anilines is 1. The first-order chi connectivity index (χ1) is 19.7. The van der Waals surface area contributed by atoms with E-state index in [1.54, 1.807) is 44.0 Å². The minimum Gasteiger partial charge on any atom is -0.444 e. The zero-order valence-electron chi connectivity index (χ0n) is 24.0. The van der Waals surface area contributed by atoms with Crippen molar-refractivity contribution in [2.45, 2.75) is 58.9 Å². The number of carbonyl (C=O) groups excluding carboxylic acids is 2. The molecule has 10 nitrogen and oxygen atoms in total. The lowest BCUT2D eigenvalue weighted by Gasteiger charge is -2.37. The van der Waals surface area contributed by atoms with Gasteiger partial charge in [-0.3, -0.25) is 4.98 Å². The van der Waals surface area contributed by atoms with Gasteiger partial charge in [0.15, 0.2) is 5.76 Å². The van der Waals surface area contributed by atoms with Crippen LogP contribution < -0.4 is 15.8 Å². The number of urea groups is 1. The maximum Gasteiger partial charge on any atom is 0.416 e. The molecule has 1 aliphatic carbocycles. The first-order valence-electron chi connectivity index (χ1n) is 13.8. The summed E-state index contributed by atoms with van der Waals surface area (Å²) in [7, 11) is 0. The highest BCUT2D eigenvalue weighted by molar-refractivity contribution is 5.79. The number of hydrogen-bond donors (Lipinski definition) is 2. The molecule has 3 aliphatic rings. The number of aromatic nitrogens is 1. The zero-order chi connectivity index (χ0) is 30.3. The zero-order valence-corrected chi connectivity index (χ0v) is 24.0. The normalized spacial score (nSPS) is 18.4. The van der Waals surface area contributed by atoms with Gasteiger partial charge in [-0.15, -0.1) is 0 Å². The van der Waals surface area contributed by atoms with Gasteiger partial charge in [0.2, 0.25) is 0 Å². The van der Waals surface area contributed by atoms with Gasteiger partial charge >= 0.3 is 18.3 Å². The fourth-order valence-corrected chi connectivity index (χ4v) is 4.84. The minimum absolute atomic E-state index is 0.0698. The van der Waals surface area contributed by atoms with E-state index in [0.717, 1.165) is 23.9 Å². The molecule has 2 fully saturated rings. The van der Waals surface area contributed by atoms with E-state index in [-0.39, 0.29) is 17.5 Å². The lowest BCUT2D eigenvalue weighted by atomic mass is 9.97. The van der Waals surface area contributed by atoms with Crippen LogP contribution in [0, 0.1) is 5.41 Å². The Morgan fingerprint density at radius 2 is 1.83 bits per heavy atom. The Kier molecular flexibility index (Phi) is 7.73. The van der Waals surface area contributed by atoms with Crippen molar-refractivity contribution >= 4 is 17.8 Å². The largest absolute Gasteiger partial charge is 0.444 e. The van der Waals surface area contributed by atoms with Crippen LogP contribution in [-0.4, -0.2) is 58.8 Å². The molecule has 2 aliphatic heterocycles. The Morgan fingerprint density at radius 1 is 1.12 bits per heavy atom. The number of hydrogen-bond acceptors (Lipinski definition) is 7. The molecule has 226 valence electrons. The molecule has 1 saturated carbocycles. The van der Waals surface area contributed by atoms with E-state index in [1.807, 2.05) is 11.8 Å². The van der Waals surface area contributed by atoms with Crippen molar-refractivity contribution in [3.63, 3.8) is 0 Å². The SMILES string of the molecule is CC(C)(C)OC(=O)N1CCN(c2cnccc2-c2ccc(CNC(=O)N3C=C(C4(C)CC4)ON3)c(C(F)(F)F)c2)CC1. The van der Waals surface area contributed by atoms with Gasteiger partial charge in [0.05, 0.1) is 23.6 Å². The molecule has 3 heterocycles. The molecular formula is C29H35F3N6O4. The van der Waals surface area contributed by atoms with Crippen LogP contribution in [0.15, 0.2) is 48.6 Å². The average molecular weight is 589 g/mol. The molecule has 0 radical (unpaired) electrons. The molecule has 1 aromatic carbocycles. The monoisotopic (exact) mass is 588 g/mol. The molecule has 42 heavy (non-hydrogen) atoms. The molecule has 0 bridgehead atoms. The van der Waals surface area contributed by atoms with Crippen molar-refractivity contribution in [3.05, 3.63) is 59.7 Å². The van der Waals surface area contributed by atoms with E-state index < -0.39 is 29.5 Å². The Balaban J connectivity index is 1.30. The number of ether oxygens (including phenoxy) is 1. The molecule has 1 aromatic heterocycles. The van der Waals surface area contributed by atoms with E-state index in [1.165, 1.54) is 18.5 Å². The summed E-state index contributed by atoms with van der Waals surface area (Å²) in [6, 6.07) is 5.13. The van der Waals surface area contributed by atoms with Crippen molar-refractivity contribution in [3.8, 4) is 11.1 Å².